The fraction of sp³-hybridized carbons (Fsp3) is 0.872. The van der Waals surface area contributed by atoms with Crippen LogP contribution >= 0.6 is 0 Å². The molecule has 0 bridgehead atoms. The zero-order valence-corrected chi connectivity index (χ0v) is 37.1. The van der Waals surface area contributed by atoms with Crippen LogP contribution in [0.1, 0.15) is 220 Å². The highest BCUT2D eigenvalue weighted by molar-refractivity contribution is 5.73. The van der Waals surface area contributed by atoms with Crippen molar-refractivity contribution in [2.75, 3.05) is 43.9 Å². The van der Waals surface area contributed by atoms with Gasteiger partial charge in [0.15, 0.2) is 0 Å². The summed E-state index contributed by atoms with van der Waals surface area (Å²) in [5.74, 6) is -0.0902. The molecule has 0 aliphatic heterocycles. The topological polar surface area (TPSA) is 114 Å². The second-order valence-electron chi connectivity index (χ2n) is 16.3. The Balaban J connectivity index is 2.49. The Morgan fingerprint density at radius 3 is 1.39 bits per heavy atom. The molecule has 9 heteroatoms. The number of rotatable bonds is 41. The lowest BCUT2D eigenvalue weighted by Gasteiger charge is -2.23. The largest absolute Gasteiger partial charge is 0.462 e. The molecule has 0 heterocycles. The lowest BCUT2D eigenvalue weighted by molar-refractivity contribution is -0.150. The fourth-order valence-electron chi connectivity index (χ4n) is 7.61. The Hall–Kier alpha value is -2.42. The zero-order chi connectivity index (χ0) is 41.1. The second-order valence-corrected chi connectivity index (χ2v) is 16.3. The van der Waals surface area contributed by atoms with E-state index in [1.54, 1.807) is 7.05 Å². The first-order valence-electron chi connectivity index (χ1n) is 23.7. The number of esters is 2. The molecule has 9 nitrogen and oxygen atoms in total. The molecule has 0 unspecified atom stereocenters. The SMILES string of the molecule is CCCCCCCCCC(CCCCCCCCC)OC(=O)CCCCN(CCCCCCCCCC(=O)OC(CC)CC)CCCNc1c(NC)c(=O)c1=O. The van der Waals surface area contributed by atoms with Crippen LogP contribution in [-0.4, -0.2) is 62.3 Å². The van der Waals surface area contributed by atoms with Gasteiger partial charge in [-0.25, -0.2) is 0 Å². The fourth-order valence-corrected chi connectivity index (χ4v) is 7.61. The molecule has 0 aliphatic carbocycles. The van der Waals surface area contributed by atoms with Gasteiger partial charge in [-0.2, -0.15) is 0 Å². The molecule has 0 atom stereocenters. The van der Waals surface area contributed by atoms with E-state index in [9.17, 15) is 19.2 Å². The second kappa shape index (κ2) is 35.7. The van der Waals surface area contributed by atoms with E-state index >= 15 is 0 Å². The minimum atomic E-state index is -0.448. The summed E-state index contributed by atoms with van der Waals surface area (Å²) >= 11 is 0. The summed E-state index contributed by atoms with van der Waals surface area (Å²) in [6, 6.07) is 0. The molecule has 1 aromatic carbocycles. The number of unbranched alkanes of at least 4 members (excludes halogenated alkanes) is 19. The van der Waals surface area contributed by atoms with Gasteiger partial charge < -0.3 is 25.0 Å². The van der Waals surface area contributed by atoms with Crippen LogP contribution < -0.4 is 21.5 Å². The first kappa shape index (κ1) is 51.6. The van der Waals surface area contributed by atoms with Crippen LogP contribution in [0, 0.1) is 0 Å². The minimum absolute atomic E-state index is 0.0343. The summed E-state index contributed by atoms with van der Waals surface area (Å²) in [4.78, 5) is 51.3. The third kappa shape index (κ3) is 25.8. The Labute approximate surface area is 343 Å². The van der Waals surface area contributed by atoms with Gasteiger partial charge in [0.2, 0.25) is 0 Å². The molecular formula is C47H87N3O6. The van der Waals surface area contributed by atoms with Crippen molar-refractivity contribution in [3.63, 3.8) is 0 Å². The number of anilines is 2. The first-order chi connectivity index (χ1) is 27.3. The van der Waals surface area contributed by atoms with Crippen LogP contribution in [0.4, 0.5) is 11.4 Å². The van der Waals surface area contributed by atoms with E-state index in [2.05, 4.69) is 43.2 Å². The van der Waals surface area contributed by atoms with Gasteiger partial charge >= 0.3 is 11.9 Å². The van der Waals surface area contributed by atoms with E-state index in [-0.39, 0.29) is 24.1 Å². The Morgan fingerprint density at radius 2 is 0.893 bits per heavy atom. The maximum absolute atomic E-state index is 13.0. The number of carbonyl (C=O) groups is 2. The first-order valence-corrected chi connectivity index (χ1v) is 23.7. The van der Waals surface area contributed by atoms with Crippen LogP contribution in [0.15, 0.2) is 9.59 Å². The van der Waals surface area contributed by atoms with Gasteiger partial charge in [-0.3, -0.25) is 19.2 Å². The van der Waals surface area contributed by atoms with E-state index in [1.807, 2.05) is 0 Å². The molecule has 56 heavy (non-hydrogen) atoms. The molecule has 0 aliphatic rings. The predicted octanol–water partition coefficient (Wildman–Crippen LogP) is 11.6. The Morgan fingerprint density at radius 1 is 0.500 bits per heavy atom. The van der Waals surface area contributed by atoms with Gasteiger partial charge in [-0.1, -0.05) is 137 Å². The van der Waals surface area contributed by atoms with Crippen molar-refractivity contribution in [1.82, 2.24) is 4.90 Å². The summed E-state index contributed by atoms with van der Waals surface area (Å²) < 4.78 is 11.6. The van der Waals surface area contributed by atoms with Crippen LogP contribution in [0.3, 0.4) is 0 Å². The molecule has 1 rings (SSSR count). The Bertz CT molecular complexity index is 1140. The number of nitrogens with zero attached hydrogens (tertiary/aromatic N) is 1. The quantitative estimate of drug-likeness (QED) is 0.0380. The lowest BCUT2D eigenvalue weighted by Crippen LogP contribution is -2.37. The van der Waals surface area contributed by atoms with Crippen LogP contribution in [0.25, 0.3) is 0 Å². The monoisotopic (exact) mass is 790 g/mol. The molecule has 2 N–H and O–H groups in total. The highest BCUT2D eigenvalue weighted by atomic mass is 16.5. The normalized spacial score (nSPS) is 11.6. The van der Waals surface area contributed by atoms with Crippen LogP contribution in [-0.2, 0) is 19.1 Å². The van der Waals surface area contributed by atoms with Crippen molar-refractivity contribution in [2.24, 2.45) is 0 Å². The van der Waals surface area contributed by atoms with Crippen molar-refractivity contribution in [2.45, 2.75) is 233 Å². The number of hydrogen-bond acceptors (Lipinski definition) is 9. The van der Waals surface area contributed by atoms with Gasteiger partial charge in [0, 0.05) is 26.4 Å². The van der Waals surface area contributed by atoms with Crippen molar-refractivity contribution in [1.29, 1.82) is 0 Å². The van der Waals surface area contributed by atoms with E-state index < -0.39 is 10.9 Å². The van der Waals surface area contributed by atoms with Gasteiger partial charge in [0.25, 0.3) is 10.9 Å². The number of ether oxygens (including phenoxy) is 2. The van der Waals surface area contributed by atoms with E-state index in [1.165, 1.54) is 96.3 Å². The molecule has 0 spiro atoms. The maximum atomic E-state index is 13.0. The third-order valence-electron chi connectivity index (χ3n) is 11.3. The van der Waals surface area contributed by atoms with Gasteiger partial charge in [-0.15, -0.1) is 0 Å². The summed E-state index contributed by atoms with van der Waals surface area (Å²) in [6.07, 6.45) is 33.2. The smallest absolute Gasteiger partial charge is 0.306 e. The minimum Gasteiger partial charge on any atom is -0.462 e. The van der Waals surface area contributed by atoms with E-state index in [0.29, 0.717) is 30.8 Å². The predicted molar refractivity (Wildman–Crippen MR) is 237 cm³/mol. The molecule has 0 saturated carbocycles. The summed E-state index contributed by atoms with van der Waals surface area (Å²) in [6.45, 7) is 12.1. The average molecular weight is 790 g/mol. The molecule has 0 amide bonds. The highest BCUT2D eigenvalue weighted by Gasteiger charge is 2.19. The van der Waals surface area contributed by atoms with Gasteiger partial charge in [0.1, 0.15) is 23.6 Å². The number of carbonyl (C=O) groups excluding carboxylic acids is 2. The van der Waals surface area contributed by atoms with E-state index in [4.69, 9.17) is 9.47 Å². The Kier molecular flexibility index (Phi) is 32.9. The summed E-state index contributed by atoms with van der Waals surface area (Å²) in [7, 11) is 1.66. The summed E-state index contributed by atoms with van der Waals surface area (Å²) in [5.41, 5.74) is -0.0986. The average Bonchev–Trinajstić information content (AvgIpc) is 3.20. The van der Waals surface area contributed by atoms with Crippen molar-refractivity contribution >= 4 is 23.3 Å². The molecule has 326 valence electrons. The third-order valence-corrected chi connectivity index (χ3v) is 11.3. The number of hydrogen-bond donors (Lipinski definition) is 2. The van der Waals surface area contributed by atoms with E-state index in [0.717, 1.165) is 103 Å². The molecule has 1 aromatic rings. The molecule has 0 radical (unpaired) electrons. The zero-order valence-electron chi connectivity index (χ0n) is 37.1. The molecule has 0 saturated heterocycles. The van der Waals surface area contributed by atoms with Gasteiger partial charge in [-0.05, 0) is 90.3 Å². The molecular weight excluding hydrogens is 703 g/mol. The lowest BCUT2D eigenvalue weighted by atomic mass is 10.0. The highest BCUT2D eigenvalue weighted by Crippen LogP contribution is 2.19. The van der Waals surface area contributed by atoms with Gasteiger partial charge in [0.05, 0.1) is 0 Å². The van der Waals surface area contributed by atoms with Crippen molar-refractivity contribution in [3.05, 3.63) is 20.4 Å². The molecule has 0 fully saturated rings. The van der Waals surface area contributed by atoms with Crippen molar-refractivity contribution in [3.8, 4) is 0 Å². The maximum Gasteiger partial charge on any atom is 0.306 e. The van der Waals surface area contributed by atoms with Crippen LogP contribution in [0.5, 0.6) is 0 Å². The standard InChI is InChI=1S/C47H87N3O6/c1-6-10-12-14-17-21-25-32-41(33-26-22-18-15-13-11-7-2)56-43(52)35-28-30-38-50(39-31-36-49-45-44(48-5)46(53)47(45)54)37-29-24-20-16-19-23-27-34-42(51)55-40(8-3)9-4/h40-41,48-49H,6-39H2,1-5H3. The number of nitrogens with one attached hydrogen (secondary N) is 2. The molecule has 0 aromatic heterocycles. The van der Waals surface area contributed by atoms with Crippen molar-refractivity contribution < 1.29 is 19.1 Å². The summed E-state index contributed by atoms with van der Waals surface area (Å²) in [5, 5.41) is 6.00. The van der Waals surface area contributed by atoms with Crippen LogP contribution in [0.2, 0.25) is 0 Å².